The van der Waals surface area contributed by atoms with E-state index in [1.807, 2.05) is 0 Å². The molecule has 0 spiro atoms. The van der Waals surface area contributed by atoms with Gasteiger partial charge in [0.2, 0.25) is 0 Å². The predicted molar refractivity (Wildman–Crippen MR) is 70.9 cm³/mol. The molecule has 1 aliphatic rings. The van der Waals surface area contributed by atoms with Gasteiger partial charge in [0, 0.05) is 11.3 Å². The number of pyridine rings is 1. The number of nitrogens with two attached hydrogens (primary N) is 1. The third kappa shape index (κ3) is 2.41. The largest absolute Gasteiger partial charge is 0.383 e. The van der Waals surface area contributed by atoms with Gasteiger partial charge in [-0.25, -0.2) is 19.3 Å². The number of hydrogen-bond donors (Lipinski definition) is 1. The van der Waals surface area contributed by atoms with Crippen molar-refractivity contribution < 1.29 is 4.39 Å². The van der Waals surface area contributed by atoms with Gasteiger partial charge in [-0.1, -0.05) is 6.42 Å². The molecular formula is C14H15FN4. The molecule has 19 heavy (non-hydrogen) atoms. The molecule has 5 heteroatoms. The molecule has 0 fully saturated rings. The van der Waals surface area contributed by atoms with Crippen LogP contribution in [0.1, 0.15) is 30.5 Å². The Morgan fingerprint density at radius 1 is 1.05 bits per heavy atom. The highest BCUT2D eigenvalue weighted by molar-refractivity contribution is 5.55. The predicted octanol–water partition coefficient (Wildman–Crippen LogP) is 2.53. The number of hydrogen-bond acceptors (Lipinski definition) is 4. The topological polar surface area (TPSA) is 64.7 Å². The minimum atomic E-state index is -0.369. The Morgan fingerprint density at radius 2 is 1.89 bits per heavy atom. The van der Waals surface area contributed by atoms with Gasteiger partial charge in [0.1, 0.15) is 17.3 Å². The second-order valence-corrected chi connectivity index (χ2v) is 4.78. The Labute approximate surface area is 110 Å². The number of anilines is 1. The normalized spacial score (nSPS) is 14.8. The zero-order valence-electron chi connectivity index (χ0n) is 10.6. The van der Waals surface area contributed by atoms with E-state index in [2.05, 4.69) is 15.0 Å². The van der Waals surface area contributed by atoms with Gasteiger partial charge in [0.15, 0.2) is 5.82 Å². The summed E-state index contributed by atoms with van der Waals surface area (Å²) in [7, 11) is 0. The lowest BCUT2D eigenvalue weighted by molar-refractivity contribution is 0.621. The molecule has 0 aromatic carbocycles. The zero-order valence-corrected chi connectivity index (χ0v) is 10.6. The average Bonchev–Trinajstić information content (AvgIpc) is 2.65. The molecule has 0 unspecified atom stereocenters. The highest BCUT2D eigenvalue weighted by Crippen LogP contribution is 2.25. The van der Waals surface area contributed by atoms with E-state index in [4.69, 9.17) is 5.73 Å². The number of fused-ring (bicyclic) bond motifs is 1. The van der Waals surface area contributed by atoms with Crippen molar-refractivity contribution in [2.45, 2.75) is 32.1 Å². The third-order valence-electron chi connectivity index (χ3n) is 3.42. The van der Waals surface area contributed by atoms with E-state index >= 15 is 0 Å². The third-order valence-corrected chi connectivity index (χ3v) is 3.42. The summed E-state index contributed by atoms with van der Waals surface area (Å²) >= 11 is 0. The van der Waals surface area contributed by atoms with Crippen LogP contribution in [0, 0.1) is 5.82 Å². The molecule has 98 valence electrons. The molecule has 0 amide bonds. The van der Waals surface area contributed by atoms with Crippen molar-refractivity contribution in [2.75, 3.05) is 5.73 Å². The molecule has 0 bridgehead atoms. The van der Waals surface area contributed by atoms with Crippen LogP contribution in [0.3, 0.4) is 0 Å². The molecule has 0 saturated carbocycles. The van der Waals surface area contributed by atoms with Gasteiger partial charge in [0.05, 0.1) is 6.20 Å². The second-order valence-electron chi connectivity index (χ2n) is 4.78. The standard InChI is InChI=1S/C14H15FN4/c15-9-6-7-12(17-8-9)14-18-11-5-3-1-2-4-10(11)13(16)19-14/h6-8H,1-5H2,(H2,16,18,19). The minimum absolute atomic E-state index is 0.369. The highest BCUT2D eigenvalue weighted by atomic mass is 19.1. The Bertz CT molecular complexity index is 595. The van der Waals surface area contributed by atoms with Crippen molar-refractivity contribution in [1.82, 2.24) is 15.0 Å². The first-order valence-electron chi connectivity index (χ1n) is 6.51. The summed E-state index contributed by atoms with van der Waals surface area (Å²) in [6.07, 6.45) is 6.49. The van der Waals surface area contributed by atoms with Crippen LogP contribution in [0.2, 0.25) is 0 Å². The summed E-state index contributed by atoms with van der Waals surface area (Å²) in [5.74, 6) is 0.651. The van der Waals surface area contributed by atoms with E-state index in [9.17, 15) is 4.39 Å². The summed E-state index contributed by atoms with van der Waals surface area (Å²) < 4.78 is 12.9. The van der Waals surface area contributed by atoms with Crippen molar-refractivity contribution in [2.24, 2.45) is 0 Å². The molecule has 0 atom stereocenters. The molecule has 2 heterocycles. The van der Waals surface area contributed by atoms with E-state index in [0.717, 1.165) is 36.9 Å². The summed E-state index contributed by atoms with van der Waals surface area (Å²) in [5, 5.41) is 0. The van der Waals surface area contributed by atoms with E-state index in [1.54, 1.807) is 6.07 Å². The van der Waals surface area contributed by atoms with Gasteiger partial charge < -0.3 is 5.73 Å². The number of nitrogen functional groups attached to an aromatic ring is 1. The highest BCUT2D eigenvalue weighted by Gasteiger charge is 2.16. The van der Waals surface area contributed by atoms with Gasteiger partial charge in [-0.05, 0) is 37.8 Å². The van der Waals surface area contributed by atoms with Gasteiger partial charge in [0.25, 0.3) is 0 Å². The first kappa shape index (κ1) is 12.0. The Balaban J connectivity index is 2.06. The van der Waals surface area contributed by atoms with Crippen molar-refractivity contribution >= 4 is 5.82 Å². The monoisotopic (exact) mass is 258 g/mol. The molecule has 0 radical (unpaired) electrons. The summed E-state index contributed by atoms with van der Waals surface area (Å²) in [5.41, 5.74) is 8.67. The lowest BCUT2D eigenvalue weighted by atomic mass is 10.1. The number of nitrogens with zero attached hydrogens (tertiary/aromatic N) is 3. The fourth-order valence-corrected chi connectivity index (χ4v) is 2.42. The Hall–Kier alpha value is -2.04. The number of aryl methyl sites for hydroxylation is 1. The van der Waals surface area contributed by atoms with E-state index in [0.29, 0.717) is 17.3 Å². The van der Waals surface area contributed by atoms with Crippen LogP contribution in [0.4, 0.5) is 10.2 Å². The number of halogens is 1. The van der Waals surface area contributed by atoms with Crippen molar-refractivity contribution in [3.8, 4) is 11.5 Å². The van der Waals surface area contributed by atoms with Crippen LogP contribution in [-0.2, 0) is 12.8 Å². The van der Waals surface area contributed by atoms with Crippen LogP contribution in [0.25, 0.3) is 11.5 Å². The Morgan fingerprint density at radius 3 is 2.68 bits per heavy atom. The molecular weight excluding hydrogens is 243 g/mol. The molecule has 4 nitrogen and oxygen atoms in total. The Kier molecular flexibility index (Phi) is 3.11. The minimum Gasteiger partial charge on any atom is -0.383 e. The maximum Gasteiger partial charge on any atom is 0.180 e. The molecule has 2 N–H and O–H groups in total. The summed E-state index contributed by atoms with van der Waals surface area (Å²) in [6.45, 7) is 0. The smallest absolute Gasteiger partial charge is 0.180 e. The van der Waals surface area contributed by atoms with Crippen LogP contribution in [-0.4, -0.2) is 15.0 Å². The first-order chi connectivity index (χ1) is 9.24. The average molecular weight is 258 g/mol. The fraction of sp³-hybridized carbons (Fsp3) is 0.357. The van der Waals surface area contributed by atoms with Crippen LogP contribution < -0.4 is 5.73 Å². The van der Waals surface area contributed by atoms with E-state index in [-0.39, 0.29) is 5.82 Å². The molecule has 2 aromatic heterocycles. The van der Waals surface area contributed by atoms with Crippen molar-refractivity contribution in [3.63, 3.8) is 0 Å². The van der Waals surface area contributed by atoms with E-state index in [1.165, 1.54) is 18.7 Å². The van der Waals surface area contributed by atoms with Crippen molar-refractivity contribution in [1.29, 1.82) is 0 Å². The van der Waals surface area contributed by atoms with Crippen LogP contribution in [0.15, 0.2) is 18.3 Å². The van der Waals surface area contributed by atoms with Gasteiger partial charge in [-0.3, -0.25) is 0 Å². The van der Waals surface area contributed by atoms with E-state index < -0.39 is 0 Å². The molecule has 0 saturated heterocycles. The molecule has 1 aliphatic carbocycles. The quantitative estimate of drug-likeness (QED) is 0.798. The SMILES string of the molecule is Nc1nc(-c2ccc(F)cn2)nc2c1CCCCC2. The second kappa shape index (κ2) is 4.91. The lowest BCUT2D eigenvalue weighted by Gasteiger charge is -2.09. The first-order valence-corrected chi connectivity index (χ1v) is 6.51. The van der Waals surface area contributed by atoms with Crippen molar-refractivity contribution in [3.05, 3.63) is 35.4 Å². The van der Waals surface area contributed by atoms with Gasteiger partial charge in [-0.2, -0.15) is 0 Å². The molecule has 2 aromatic rings. The zero-order chi connectivity index (χ0) is 13.2. The number of aromatic nitrogens is 3. The molecule has 0 aliphatic heterocycles. The maximum absolute atomic E-state index is 12.9. The lowest BCUT2D eigenvalue weighted by Crippen LogP contribution is -2.07. The summed E-state index contributed by atoms with van der Waals surface area (Å²) in [6, 6.07) is 2.93. The summed E-state index contributed by atoms with van der Waals surface area (Å²) in [4.78, 5) is 12.9. The molecule has 3 rings (SSSR count). The van der Waals surface area contributed by atoms with Gasteiger partial charge >= 0.3 is 0 Å². The van der Waals surface area contributed by atoms with Gasteiger partial charge in [-0.15, -0.1) is 0 Å². The van der Waals surface area contributed by atoms with Crippen LogP contribution >= 0.6 is 0 Å². The fourth-order valence-electron chi connectivity index (χ4n) is 2.42. The maximum atomic E-state index is 12.9. The van der Waals surface area contributed by atoms with Crippen LogP contribution in [0.5, 0.6) is 0 Å². The number of rotatable bonds is 1.